The van der Waals surface area contributed by atoms with Crippen LogP contribution in [0, 0.1) is 5.41 Å². The Labute approximate surface area is 109 Å². The van der Waals surface area contributed by atoms with Crippen LogP contribution in [0.2, 0.25) is 0 Å². The van der Waals surface area contributed by atoms with Crippen molar-refractivity contribution in [3.05, 3.63) is 0 Å². The van der Waals surface area contributed by atoms with E-state index in [1.165, 1.54) is 0 Å². The summed E-state index contributed by atoms with van der Waals surface area (Å²) in [5.74, 6) is -1.98. The van der Waals surface area contributed by atoms with Crippen molar-refractivity contribution in [3.63, 3.8) is 0 Å². The Hall–Kier alpha value is -0.800. The van der Waals surface area contributed by atoms with Crippen LogP contribution in [-0.4, -0.2) is 41.4 Å². The van der Waals surface area contributed by atoms with Crippen LogP contribution in [0.4, 0.5) is 26.3 Å². The smallest absolute Gasteiger partial charge is 0.390 e. The average Bonchev–Trinajstić information content (AvgIpc) is 2.07. The maximum absolute atomic E-state index is 12.4. The van der Waals surface area contributed by atoms with E-state index in [9.17, 15) is 35.7 Å². The molecule has 0 aliphatic carbocycles. The van der Waals surface area contributed by atoms with Gasteiger partial charge in [0.2, 0.25) is 0 Å². The fourth-order valence-corrected chi connectivity index (χ4v) is 2.90. The minimum Gasteiger partial charge on any atom is -0.469 e. The number of rotatable bonds is 5. The Bertz CT molecular complexity index is 381. The van der Waals surface area contributed by atoms with Crippen molar-refractivity contribution in [2.45, 2.75) is 25.2 Å². The molecule has 0 aromatic rings. The first-order valence-electron chi connectivity index (χ1n) is 4.87. The van der Waals surface area contributed by atoms with E-state index in [1.54, 1.807) is 0 Å². The summed E-state index contributed by atoms with van der Waals surface area (Å²) in [4.78, 5) is 28.6. The molecule has 0 saturated carbocycles. The zero-order valence-corrected chi connectivity index (χ0v) is 10.8. The van der Waals surface area contributed by atoms with Crippen molar-refractivity contribution in [2.75, 3.05) is 13.3 Å². The average molecular weight is 332 g/mol. The van der Waals surface area contributed by atoms with Crippen molar-refractivity contribution >= 4 is 13.6 Å². The number of carbonyl (C=O) groups is 1. The molecule has 0 aliphatic rings. The second-order valence-corrected chi connectivity index (χ2v) is 5.82. The summed E-state index contributed by atoms with van der Waals surface area (Å²) in [7, 11) is -4.80. The molecule has 12 heteroatoms. The van der Waals surface area contributed by atoms with E-state index in [0.717, 1.165) is 0 Å². The SMILES string of the molecule is COC(=O)C(CC(F)(F)F)(CC(F)(F)F)CP(=O)(O)O. The van der Waals surface area contributed by atoms with Gasteiger partial charge in [0.15, 0.2) is 0 Å². The van der Waals surface area contributed by atoms with Gasteiger partial charge in [-0.25, -0.2) is 0 Å². The highest BCUT2D eigenvalue weighted by Gasteiger charge is 2.56. The fraction of sp³-hybridized carbons (Fsp3) is 0.875. The van der Waals surface area contributed by atoms with Gasteiger partial charge < -0.3 is 14.5 Å². The number of hydrogen-bond acceptors (Lipinski definition) is 3. The third-order valence-corrected chi connectivity index (χ3v) is 3.22. The van der Waals surface area contributed by atoms with Crippen molar-refractivity contribution in [1.29, 1.82) is 0 Å². The number of ether oxygens (including phenoxy) is 1. The summed E-state index contributed by atoms with van der Waals surface area (Å²) in [5.41, 5.74) is -3.41. The van der Waals surface area contributed by atoms with Crippen LogP contribution in [0.5, 0.6) is 0 Å². The Balaban J connectivity index is 5.76. The molecule has 120 valence electrons. The minimum atomic E-state index is -5.33. The first-order valence-corrected chi connectivity index (χ1v) is 6.66. The maximum Gasteiger partial charge on any atom is 0.390 e. The molecule has 0 saturated heterocycles. The summed E-state index contributed by atoms with van der Waals surface area (Å²) >= 11 is 0. The van der Waals surface area contributed by atoms with Gasteiger partial charge in [-0.15, -0.1) is 0 Å². The van der Waals surface area contributed by atoms with Gasteiger partial charge in [-0.1, -0.05) is 0 Å². The highest BCUT2D eigenvalue weighted by Crippen LogP contribution is 2.51. The lowest BCUT2D eigenvalue weighted by Crippen LogP contribution is -2.43. The molecule has 0 unspecified atom stereocenters. The number of esters is 1. The van der Waals surface area contributed by atoms with Crippen LogP contribution in [0.3, 0.4) is 0 Å². The fourth-order valence-electron chi connectivity index (χ4n) is 1.76. The third kappa shape index (κ3) is 7.11. The minimum absolute atomic E-state index is 0.531. The first kappa shape index (κ1) is 19.2. The molecule has 0 heterocycles. The predicted octanol–water partition coefficient (Wildman–Crippen LogP) is 2.23. The van der Waals surface area contributed by atoms with Gasteiger partial charge in [-0.2, -0.15) is 26.3 Å². The van der Waals surface area contributed by atoms with Gasteiger partial charge in [0.05, 0.1) is 31.5 Å². The maximum atomic E-state index is 12.4. The normalized spacial score (nSPS) is 14.2. The van der Waals surface area contributed by atoms with E-state index in [1.807, 2.05) is 0 Å². The van der Waals surface area contributed by atoms with Gasteiger partial charge in [0, 0.05) is 0 Å². The molecule has 0 spiro atoms. The lowest BCUT2D eigenvalue weighted by atomic mass is 9.82. The quantitative estimate of drug-likeness (QED) is 0.458. The van der Waals surface area contributed by atoms with Gasteiger partial charge in [-0.05, 0) is 0 Å². The number of halogens is 6. The molecule has 0 aliphatic heterocycles. The molecule has 20 heavy (non-hydrogen) atoms. The number of hydrogen-bond donors (Lipinski definition) is 2. The summed E-state index contributed by atoms with van der Waals surface area (Å²) < 4.78 is 88.9. The highest BCUT2D eigenvalue weighted by atomic mass is 31.2. The number of methoxy groups -OCH3 is 1. The zero-order chi connectivity index (χ0) is 16.4. The van der Waals surface area contributed by atoms with E-state index in [-0.39, 0.29) is 0 Å². The third-order valence-electron chi connectivity index (χ3n) is 2.20. The molecule has 5 nitrogen and oxygen atoms in total. The second kappa shape index (κ2) is 5.90. The Morgan fingerprint density at radius 3 is 1.60 bits per heavy atom. The van der Waals surface area contributed by atoms with Crippen molar-refractivity contribution in [3.8, 4) is 0 Å². The van der Waals surface area contributed by atoms with Gasteiger partial charge in [-0.3, -0.25) is 9.36 Å². The first-order chi connectivity index (χ1) is 8.60. The molecular weight excluding hydrogens is 321 g/mol. The summed E-state index contributed by atoms with van der Waals surface area (Å²) in [6, 6.07) is 0. The van der Waals surface area contributed by atoms with Crippen LogP contribution in [0.15, 0.2) is 0 Å². The van der Waals surface area contributed by atoms with Crippen molar-refractivity contribution < 1.29 is 50.2 Å². The Morgan fingerprint density at radius 2 is 1.40 bits per heavy atom. The second-order valence-electron chi connectivity index (χ2n) is 4.18. The summed E-state index contributed by atoms with van der Waals surface area (Å²) in [6.07, 6.45) is -17.1. The predicted molar refractivity (Wildman–Crippen MR) is 52.7 cm³/mol. The lowest BCUT2D eigenvalue weighted by Gasteiger charge is -2.32. The molecule has 0 atom stereocenters. The molecule has 0 radical (unpaired) electrons. The molecule has 0 aromatic carbocycles. The highest BCUT2D eigenvalue weighted by molar-refractivity contribution is 7.51. The molecule has 0 aromatic heterocycles. The molecule has 0 bridgehead atoms. The van der Waals surface area contributed by atoms with Gasteiger partial charge in [0.25, 0.3) is 0 Å². The van der Waals surface area contributed by atoms with Crippen molar-refractivity contribution in [2.24, 2.45) is 5.41 Å². The van der Waals surface area contributed by atoms with Crippen molar-refractivity contribution in [1.82, 2.24) is 0 Å². The van der Waals surface area contributed by atoms with E-state index < -0.39 is 50.3 Å². The van der Waals surface area contributed by atoms with Crippen LogP contribution in [0.25, 0.3) is 0 Å². The summed E-state index contributed by atoms with van der Waals surface area (Å²) in [6.45, 7) is 0. The van der Waals surface area contributed by atoms with Crippen LogP contribution in [-0.2, 0) is 14.1 Å². The molecule has 0 amide bonds. The van der Waals surface area contributed by atoms with E-state index in [4.69, 9.17) is 9.79 Å². The van der Waals surface area contributed by atoms with E-state index in [2.05, 4.69) is 4.74 Å². The Kier molecular flexibility index (Phi) is 5.67. The van der Waals surface area contributed by atoms with Crippen LogP contribution >= 0.6 is 7.60 Å². The van der Waals surface area contributed by atoms with E-state index >= 15 is 0 Å². The Morgan fingerprint density at radius 1 is 1.05 bits per heavy atom. The standard InChI is InChI=1S/C8H11F6O5P/c1-19-5(15)6(2-7(9,10)11,3-8(12,13)14)4-20(16,17)18/h2-4H2,1H3,(H2,16,17,18). The van der Waals surface area contributed by atoms with Crippen LogP contribution < -0.4 is 0 Å². The van der Waals surface area contributed by atoms with Gasteiger partial charge >= 0.3 is 25.9 Å². The summed E-state index contributed by atoms with van der Waals surface area (Å²) in [5, 5.41) is 0. The lowest BCUT2D eigenvalue weighted by molar-refractivity contribution is -0.205. The molecular formula is C8H11F6O5P. The number of alkyl halides is 6. The molecule has 0 rings (SSSR count). The topological polar surface area (TPSA) is 83.8 Å². The number of carbonyl (C=O) groups excluding carboxylic acids is 1. The zero-order valence-electron chi connectivity index (χ0n) is 9.96. The molecule has 0 fully saturated rings. The largest absolute Gasteiger partial charge is 0.469 e. The van der Waals surface area contributed by atoms with Crippen LogP contribution in [0.1, 0.15) is 12.8 Å². The van der Waals surface area contributed by atoms with Gasteiger partial charge in [0.1, 0.15) is 0 Å². The molecule has 2 N–H and O–H groups in total. The monoisotopic (exact) mass is 332 g/mol. The van der Waals surface area contributed by atoms with E-state index in [0.29, 0.717) is 7.11 Å².